The van der Waals surface area contributed by atoms with Gasteiger partial charge in [-0.3, -0.25) is 0 Å². The molecule has 0 aromatic heterocycles. The molecule has 0 unspecified atom stereocenters. The van der Waals surface area contributed by atoms with Crippen molar-refractivity contribution in [3.8, 4) is 6.07 Å². The molecule has 0 bridgehead atoms. The Kier molecular flexibility index (Phi) is 4.20. The van der Waals surface area contributed by atoms with Gasteiger partial charge in [0.1, 0.15) is 0 Å². The Hall–Kier alpha value is -0.850. The van der Waals surface area contributed by atoms with E-state index in [1.165, 1.54) is 19.3 Å². The first kappa shape index (κ1) is 12.6. The molecule has 17 heavy (non-hydrogen) atoms. The number of hydrogen-bond acceptors (Lipinski definition) is 3. The molecule has 1 saturated heterocycles. The summed E-state index contributed by atoms with van der Waals surface area (Å²) in [7, 11) is 0. The van der Waals surface area contributed by atoms with Crippen LogP contribution >= 0.6 is 0 Å². The largest absolute Gasteiger partial charge is 0.346 e. The Labute approximate surface area is 103 Å². The molecule has 2 atom stereocenters. The summed E-state index contributed by atoms with van der Waals surface area (Å²) in [6.07, 6.45) is 9.81. The van der Waals surface area contributed by atoms with Gasteiger partial charge in [-0.05, 0) is 19.3 Å². The van der Waals surface area contributed by atoms with Gasteiger partial charge < -0.3 is 9.47 Å². The van der Waals surface area contributed by atoms with Crippen LogP contribution in [0.4, 0.5) is 0 Å². The summed E-state index contributed by atoms with van der Waals surface area (Å²) in [5.74, 6) is -0.397. The summed E-state index contributed by atoms with van der Waals surface area (Å²) in [6.45, 7) is 3.77. The van der Waals surface area contributed by atoms with Gasteiger partial charge in [-0.1, -0.05) is 12.5 Å². The third-order valence-electron chi connectivity index (χ3n) is 3.65. The quantitative estimate of drug-likeness (QED) is 0.705. The van der Waals surface area contributed by atoms with E-state index >= 15 is 0 Å². The molecule has 1 aliphatic carbocycles. The molecule has 3 heteroatoms. The minimum atomic E-state index is -0.397. The maximum Gasteiger partial charge on any atom is 0.169 e. The molecule has 0 N–H and O–H groups in total. The molecular weight excluding hydrogens is 214 g/mol. The third-order valence-corrected chi connectivity index (χ3v) is 3.65. The third kappa shape index (κ3) is 3.08. The number of hydrogen-bond donors (Lipinski definition) is 0. The minimum absolute atomic E-state index is 0.0387. The first-order chi connectivity index (χ1) is 8.28. The van der Waals surface area contributed by atoms with Gasteiger partial charge in [0.15, 0.2) is 5.79 Å². The van der Waals surface area contributed by atoms with E-state index in [1.54, 1.807) is 0 Å². The predicted octanol–water partition coefficient (Wildman–Crippen LogP) is 3.31. The van der Waals surface area contributed by atoms with Crippen LogP contribution in [0.15, 0.2) is 12.7 Å². The molecule has 1 aliphatic heterocycles. The van der Waals surface area contributed by atoms with E-state index in [0.29, 0.717) is 6.42 Å². The van der Waals surface area contributed by atoms with Crippen molar-refractivity contribution in [2.24, 2.45) is 0 Å². The fourth-order valence-corrected chi connectivity index (χ4v) is 2.91. The standard InChI is InChI=1S/C14H21NO2/c1-2-6-12-11-13(7-10-15)17-14(16-12)8-4-3-5-9-14/h2,12-13H,1,3-9,11H2/t12-,13+/m0/s1. The molecule has 1 spiro atoms. The molecular formula is C14H21NO2. The van der Waals surface area contributed by atoms with Crippen molar-refractivity contribution in [1.29, 1.82) is 5.26 Å². The SMILES string of the molecule is C=CC[C@H]1C[C@@H](CC#N)OC2(CCCCC2)O1. The second-order valence-electron chi connectivity index (χ2n) is 5.07. The van der Waals surface area contributed by atoms with Crippen molar-refractivity contribution in [3.05, 3.63) is 12.7 Å². The Morgan fingerprint density at radius 3 is 2.59 bits per heavy atom. The van der Waals surface area contributed by atoms with E-state index in [0.717, 1.165) is 25.7 Å². The first-order valence-corrected chi connectivity index (χ1v) is 6.61. The fourth-order valence-electron chi connectivity index (χ4n) is 2.91. The normalized spacial score (nSPS) is 31.9. The van der Waals surface area contributed by atoms with Crippen LogP contribution in [0.5, 0.6) is 0 Å². The molecule has 94 valence electrons. The molecule has 0 aromatic rings. The van der Waals surface area contributed by atoms with Gasteiger partial charge in [-0.25, -0.2) is 0 Å². The number of rotatable bonds is 3. The van der Waals surface area contributed by atoms with Crippen molar-refractivity contribution >= 4 is 0 Å². The van der Waals surface area contributed by atoms with E-state index in [1.807, 2.05) is 6.08 Å². The van der Waals surface area contributed by atoms with E-state index in [9.17, 15) is 0 Å². The monoisotopic (exact) mass is 235 g/mol. The minimum Gasteiger partial charge on any atom is -0.346 e. The molecule has 3 nitrogen and oxygen atoms in total. The van der Waals surface area contributed by atoms with Crippen LogP contribution in [0.1, 0.15) is 51.4 Å². The average molecular weight is 235 g/mol. The molecule has 1 heterocycles. The lowest BCUT2D eigenvalue weighted by molar-refractivity contribution is -0.327. The van der Waals surface area contributed by atoms with E-state index in [-0.39, 0.29) is 12.2 Å². The molecule has 1 saturated carbocycles. The van der Waals surface area contributed by atoms with Gasteiger partial charge >= 0.3 is 0 Å². The summed E-state index contributed by atoms with van der Waals surface area (Å²) in [4.78, 5) is 0. The van der Waals surface area contributed by atoms with Crippen molar-refractivity contribution in [1.82, 2.24) is 0 Å². The fraction of sp³-hybridized carbons (Fsp3) is 0.786. The lowest BCUT2D eigenvalue weighted by Crippen LogP contribution is -2.49. The predicted molar refractivity (Wildman–Crippen MR) is 65.2 cm³/mol. The second-order valence-corrected chi connectivity index (χ2v) is 5.07. The molecule has 2 fully saturated rings. The van der Waals surface area contributed by atoms with Crippen LogP contribution < -0.4 is 0 Å². The van der Waals surface area contributed by atoms with E-state index in [4.69, 9.17) is 14.7 Å². The smallest absolute Gasteiger partial charge is 0.169 e. The highest BCUT2D eigenvalue weighted by molar-refractivity contribution is 4.90. The maximum absolute atomic E-state index is 8.83. The van der Waals surface area contributed by atoms with Crippen LogP contribution in [0.3, 0.4) is 0 Å². The summed E-state index contributed by atoms with van der Waals surface area (Å²) in [5.41, 5.74) is 0. The first-order valence-electron chi connectivity index (χ1n) is 6.61. The number of nitriles is 1. The van der Waals surface area contributed by atoms with Gasteiger partial charge in [0.05, 0.1) is 24.7 Å². The van der Waals surface area contributed by atoms with E-state index in [2.05, 4.69) is 12.6 Å². The Balaban J connectivity index is 2.04. The topological polar surface area (TPSA) is 42.2 Å². The lowest BCUT2D eigenvalue weighted by Gasteiger charge is -2.46. The molecule has 2 rings (SSSR count). The molecule has 0 amide bonds. The van der Waals surface area contributed by atoms with Crippen molar-refractivity contribution in [2.45, 2.75) is 69.4 Å². The second kappa shape index (κ2) is 5.66. The number of nitrogens with zero attached hydrogens (tertiary/aromatic N) is 1. The van der Waals surface area contributed by atoms with Crippen LogP contribution in [-0.2, 0) is 9.47 Å². The van der Waals surface area contributed by atoms with Crippen LogP contribution in [-0.4, -0.2) is 18.0 Å². The van der Waals surface area contributed by atoms with Crippen LogP contribution in [0.25, 0.3) is 0 Å². The van der Waals surface area contributed by atoms with Crippen LogP contribution in [0.2, 0.25) is 0 Å². The average Bonchev–Trinajstić information content (AvgIpc) is 2.30. The van der Waals surface area contributed by atoms with Gasteiger partial charge in [0, 0.05) is 19.3 Å². The van der Waals surface area contributed by atoms with Gasteiger partial charge in [-0.15, -0.1) is 6.58 Å². The summed E-state index contributed by atoms with van der Waals surface area (Å²) in [5, 5.41) is 8.83. The van der Waals surface area contributed by atoms with E-state index < -0.39 is 5.79 Å². The Morgan fingerprint density at radius 1 is 1.24 bits per heavy atom. The molecule has 0 radical (unpaired) electrons. The summed E-state index contributed by atoms with van der Waals surface area (Å²) in [6, 6.07) is 2.22. The Morgan fingerprint density at radius 2 is 1.94 bits per heavy atom. The highest BCUT2D eigenvalue weighted by Gasteiger charge is 2.42. The van der Waals surface area contributed by atoms with Gasteiger partial charge in [0.25, 0.3) is 0 Å². The zero-order valence-electron chi connectivity index (χ0n) is 10.4. The maximum atomic E-state index is 8.83. The highest BCUT2D eigenvalue weighted by atomic mass is 16.7. The van der Waals surface area contributed by atoms with Crippen molar-refractivity contribution in [2.75, 3.05) is 0 Å². The Bertz CT molecular complexity index is 302. The summed E-state index contributed by atoms with van der Waals surface area (Å²) < 4.78 is 12.2. The van der Waals surface area contributed by atoms with Gasteiger partial charge in [0.2, 0.25) is 0 Å². The van der Waals surface area contributed by atoms with Gasteiger partial charge in [-0.2, -0.15) is 5.26 Å². The molecule has 0 aromatic carbocycles. The van der Waals surface area contributed by atoms with Crippen LogP contribution in [0, 0.1) is 11.3 Å². The highest BCUT2D eigenvalue weighted by Crippen LogP contribution is 2.40. The van der Waals surface area contributed by atoms with Crippen molar-refractivity contribution < 1.29 is 9.47 Å². The lowest BCUT2D eigenvalue weighted by atomic mass is 9.91. The summed E-state index contributed by atoms with van der Waals surface area (Å²) >= 11 is 0. The zero-order valence-corrected chi connectivity index (χ0v) is 10.4. The number of ether oxygens (including phenoxy) is 2. The molecule has 2 aliphatic rings. The zero-order chi connectivity index (χ0) is 12.1. The van der Waals surface area contributed by atoms with Crippen molar-refractivity contribution in [3.63, 3.8) is 0 Å².